The maximum atomic E-state index is 12.6. The van der Waals surface area contributed by atoms with Crippen molar-refractivity contribution in [2.24, 2.45) is 0 Å². The maximum Gasteiger partial charge on any atom is 0.249 e. The average molecular weight is 163 g/mol. The zero-order valence-electron chi connectivity index (χ0n) is 6.22. The number of alkyl halides is 2. The number of nitrogens with zero attached hydrogens (tertiary/aromatic N) is 1. The molecule has 1 saturated heterocycles. The van der Waals surface area contributed by atoms with Gasteiger partial charge >= 0.3 is 0 Å². The lowest BCUT2D eigenvalue weighted by Gasteiger charge is -2.13. The Hall–Kier alpha value is -0.670. The van der Waals surface area contributed by atoms with E-state index in [1.54, 1.807) is 0 Å². The fourth-order valence-corrected chi connectivity index (χ4v) is 1.19. The Morgan fingerprint density at radius 3 is 2.64 bits per heavy atom. The van der Waals surface area contributed by atoms with Crippen LogP contribution >= 0.6 is 0 Å². The minimum absolute atomic E-state index is 0.0860. The number of halogens is 2. The van der Waals surface area contributed by atoms with Crippen molar-refractivity contribution in [3.8, 4) is 0 Å². The molecule has 1 rings (SSSR count). The molecule has 0 aromatic heterocycles. The summed E-state index contributed by atoms with van der Waals surface area (Å²) in [7, 11) is 0. The predicted molar refractivity (Wildman–Crippen MR) is 36.4 cm³/mol. The molecule has 0 N–H and O–H groups in total. The van der Waals surface area contributed by atoms with E-state index in [-0.39, 0.29) is 19.4 Å². The zero-order chi connectivity index (χ0) is 8.32. The van der Waals surface area contributed by atoms with Crippen molar-refractivity contribution in [3.05, 3.63) is 0 Å². The second kappa shape index (κ2) is 3.15. The monoisotopic (exact) mass is 163 g/mol. The van der Waals surface area contributed by atoms with Gasteiger partial charge in [-0.2, -0.15) is 0 Å². The fourth-order valence-electron chi connectivity index (χ4n) is 1.19. The molecule has 0 atom stereocenters. The molecule has 1 aliphatic heterocycles. The molecule has 0 spiro atoms. The van der Waals surface area contributed by atoms with Gasteiger partial charge in [-0.15, -0.1) is 0 Å². The van der Waals surface area contributed by atoms with E-state index in [1.165, 1.54) is 4.90 Å². The highest BCUT2D eigenvalue weighted by atomic mass is 19.3. The molecular weight excluding hydrogens is 152 g/mol. The molecule has 1 aliphatic rings. The van der Waals surface area contributed by atoms with E-state index < -0.39 is 5.92 Å². The number of carbonyl (C=O) groups is 1. The van der Waals surface area contributed by atoms with Crippen LogP contribution in [-0.4, -0.2) is 30.3 Å². The van der Waals surface area contributed by atoms with E-state index in [1.807, 2.05) is 0 Å². The highest BCUT2D eigenvalue weighted by Crippen LogP contribution is 2.27. The van der Waals surface area contributed by atoms with E-state index in [2.05, 4.69) is 0 Å². The summed E-state index contributed by atoms with van der Waals surface area (Å²) in [5.74, 6) is -2.56. The minimum atomic E-state index is -2.56. The van der Waals surface area contributed by atoms with E-state index in [0.29, 0.717) is 19.4 Å². The fraction of sp³-hybridized carbons (Fsp3) is 0.857. The molecule has 0 aromatic rings. The summed E-state index contributed by atoms with van der Waals surface area (Å²) in [6, 6.07) is 0. The summed E-state index contributed by atoms with van der Waals surface area (Å²) in [4.78, 5) is 11.6. The highest BCUT2D eigenvalue weighted by molar-refractivity contribution is 5.46. The van der Waals surface area contributed by atoms with Gasteiger partial charge in [0.2, 0.25) is 12.3 Å². The number of hydrogen-bond donors (Lipinski definition) is 0. The van der Waals surface area contributed by atoms with Gasteiger partial charge in [0.15, 0.2) is 0 Å². The molecule has 64 valence electrons. The van der Waals surface area contributed by atoms with Crippen molar-refractivity contribution in [3.63, 3.8) is 0 Å². The standard InChI is InChI=1S/C7H11F2NO/c8-7(9)2-1-4-10(6-11)5-3-7/h6H,1-5H2. The molecule has 0 radical (unpaired) electrons. The van der Waals surface area contributed by atoms with E-state index in [0.717, 1.165) is 0 Å². The third-order valence-electron chi connectivity index (χ3n) is 1.90. The second-order valence-electron chi connectivity index (χ2n) is 2.85. The van der Waals surface area contributed by atoms with Crippen LogP contribution in [0.5, 0.6) is 0 Å². The highest BCUT2D eigenvalue weighted by Gasteiger charge is 2.31. The molecule has 1 amide bonds. The van der Waals surface area contributed by atoms with Crippen LogP contribution in [0.25, 0.3) is 0 Å². The molecule has 2 nitrogen and oxygen atoms in total. The van der Waals surface area contributed by atoms with Gasteiger partial charge in [-0.3, -0.25) is 4.79 Å². The van der Waals surface area contributed by atoms with Crippen LogP contribution in [0.1, 0.15) is 19.3 Å². The molecule has 0 bridgehead atoms. The van der Waals surface area contributed by atoms with Crippen LogP contribution in [0.2, 0.25) is 0 Å². The zero-order valence-corrected chi connectivity index (χ0v) is 6.22. The molecule has 0 aliphatic carbocycles. The quantitative estimate of drug-likeness (QED) is 0.533. The Balaban J connectivity index is 2.45. The lowest BCUT2D eigenvalue weighted by Crippen LogP contribution is -2.24. The number of rotatable bonds is 1. The number of carbonyl (C=O) groups excluding carboxylic acids is 1. The summed E-state index contributed by atoms with van der Waals surface area (Å²) in [6.07, 6.45) is 0.774. The molecule has 11 heavy (non-hydrogen) atoms. The van der Waals surface area contributed by atoms with Gasteiger partial charge in [0.1, 0.15) is 0 Å². The van der Waals surface area contributed by atoms with Crippen LogP contribution in [0.15, 0.2) is 0 Å². The van der Waals surface area contributed by atoms with Crippen molar-refractivity contribution in [1.82, 2.24) is 4.90 Å². The molecule has 0 saturated carbocycles. The van der Waals surface area contributed by atoms with Crippen molar-refractivity contribution in [2.45, 2.75) is 25.2 Å². The van der Waals surface area contributed by atoms with E-state index in [9.17, 15) is 13.6 Å². The van der Waals surface area contributed by atoms with Gasteiger partial charge in [-0.1, -0.05) is 0 Å². The normalized spacial score (nSPS) is 24.4. The van der Waals surface area contributed by atoms with Crippen LogP contribution in [0.3, 0.4) is 0 Å². The molecular formula is C7H11F2NO. The third-order valence-corrected chi connectivity index (χ3v) is 1.90. The van der Waals surface area contributed by atoms with Crippen LogP contribution in [0, 0.1) is 0 Å². The van der Waals surface area contributed by atoms with Gasteiger partial charge in [-0.25, -0.2) is 8.78 Å². The first kappa shape index (κ1) is 8.43. The van der Waals surface area contributed by atoms with Crippen LogP contribution < -0.4 is 0 Å². The Kier molecular flexibility index (Phi) is 2.42. The van der Waals surface area contributed by atoms with Crippen molar-refractivity contribution in [2.75, 3.05) is 13.1 Å². The molecule has 4 heteroatoms. The topological polar surface area (TPSA) is 20.3 Å². The Labute approximate surface area is 64.2 Å². The molecule has 0 aromatic carbocycles. The van der Waals surface area contributed by atoms with Gasteiger partial charge in [0.25, 0.3) is 0 Å². The number of amides is 1. The predicted octanol–water partition coefficient (Wildman–Crippen LogP) is 1.26. The number of hydrogen-bond acceptors (Lipinski definition) is 1. The summed E-state index contributed by atoms with van der Waals surface area (Å²) >= 11 is 0. The molecule has 1 heterocycles. The summed E-state index contributed by atoms with van der Waals surface area (Å²) < 4.78 is 25.3. The maximum absolute atomic E-state index is 12.6. The Bertz CT molecular complexity index is 149. The summed E-state index contributed by atoms with van der Waals surface area (Å²) in [5, 5.41) is 0. The minimum Gasteiger partial charge on any atom is -0.345 e. The van der Waals surface area contributed by atoms with Crippen LogP contribution in [0.4, 0.5) is 8.78 Å². The molecule has 0 unspecified atom stereocenters. The van der Waals surface area contributed by atoms with Gasteiger partial charge in [0, 0.05) is 25.9 Å². The first-order valence-electron chi connectivity index (χ1n) is 3.71. The Morgan fingerprint density at radius 1 is 1.27 bits per heavy atom. The van der Waals surface area contributed by atoms with Gasteiger partial charge < -0.3 is 4.90 Å². The average Bonchev–Trinajstić information content (AvgIpc) is 2.10. The van der Waals surface area contributed by atoms with Gasteiger partial charge in [-0.05, 0) is 6.42 Å². The molecule has 1 fully saturated rings. The summed E-state index contributed by atoms with van der Waals surface area (Å²) in [5.41, 5.74) is 0. The van der Waals surface area contributed by atoms with Crippen molar-refractivity contribution < 1.29 is 13.6 Å². The van der Waals surface area contributed by atoms with Crippen molar-refractivity contribution >= 4 is 6.41 Å². The summed E-state index contributed by atoms with van der Waals surface area (Å²) in [6.45, 7) is 0.662. The number of likely N-dealkylation sites (tertiary alicyclic amines) is 1. The smallest absolute Gasteiger partial charge is 0.249 e. The van der Waals surface area contributed by atoms with E-state index >= 15 is 0 Å². The van der Waals surface area contributed by atoms with Crippen molar-refractivity contribution in [1.29, 1.82) is 0 Å². The van der Waals surface area contributed by atoms with E-state index in [4.69, 9.17) is 0 Å². The lowest BCUT2D eigenvalue weighted by molar-refractivity contribution is -0.118. The SMILES string of the molecule is O=CN1CCCC(F)(F)CC1. The lowest BCUT2D eigenvalue weighted by atomic mass is 10.1. The third kappa shape index (κ3) is 2.44. The first-order valence-corrected chi connectivity index (χ1v) is 3.71. The largest absolute Gasteiger partial charge is 0.345 e. The first-order chi connectivity index (χ1) is 5.14. The van der Waals surface area contributed by atoms with Crippen LogP contribution in [-0.2, 0) is 4.79 Å². The van der Waals surface area contributed by atoms with Gasteiger partial charge in [0.05, 0.1) is 0 Å². The Morgan fingerprint density at radius 2 is 2.00 bits per heavy atom. The second-order valence-corrected chi connectivity index (χ2v) is 2.85.